The molecular weight excluding hydrogens is 402 g/mol. The van der Waals surface area contributed by atoms with Gasteiger partial charge in [0.25, 0.3) is 0 Å². The van der Waals surface area contributed by atoms with E-state index in [4.69, 9.17) is 14.2 Å². The van der Waals surface area contributed by atoms with Gasteiger partial charge in [-0.15, -0.1) is 0 Å². The van der Waals surface area contributed by atoms with Gasteiger partial charge in [-0.05, 0) is 30.9 Å². The van der Waals surface area contributed by atoms with Crippen LogP contribution in [0.15, 0.2) is 30.5 Å². The van der Waals surface area contributed by atoms with Crippen molar-refractivity contribution in [3.63, 3.8) is 0 Å². The number of nitrogens with one attached hydrogen (secondary N) is 1. The fourth-order valence-corrected chi connectivity index (χ4v) is 4.43. The Morgan fingerprint density at radius 2 is 1.47 bits per heavy atom. The third-order valence-corrected chi connectivity index (χ3v) is 6.10. The molecule has 0 bridgehead atoms. The fourth-order valence-electron chi connectivity index (χ4n) is 4.43. The van der Waals surface area contributed by atoms with Crippen molar-refractivity contribution in [3.8, 4) is 11.5 Å². The maximum Gasteiger partial charge on any atom is 0.355 e. The second-order valence-corrected chi connectivity index (χ2v) is 8.31. The summed E-state index contributed by atoms with van der Waals surface area (Å²) in [4.78, 5) is 15.7. The first-order chi connectivity index (χ1) is 15.7. The number of H-pyrrole nitrogens is 1. The third kappa shape index (κ3) is 4.21. The van der Waals surface area contributed by atoms with Crippen LogP contribution in [0.5, 0.6) is 11.5 Å². The van der Waals surface area contributed by atoms with Crippen LogP contribution >= 0.6 is 0 Å². The van der Waals surface area contributed by atoms with Gasteiger partial charge < -0.3 is 19.2 Å². The van der Waals surface area contributed by atoms with E-state index in [0.717, 1.165) is 64.6 Å². The number of carbonyl (C=O) groups is 1. The van der Waals surface area contributed by atoms with Gasteiger partial charge in [-0.1, -0.05) is 51.0 Å². The maximum atomic E-state index is 12.5. The van der Waals surface area contributed by atoms with Crippen LogP contribution in [0.4, 0.5) is 0 Å². The van der Waals surface area contributed by atoms with E-state index in [9.17, 15) is 4.79 Å². The molecule has 0 fully saturated rings. The largest absolute Gasteiger partial charge is 0.493 e. The van der Waals surface area contributed by atoms with Crippen molar-refractivity contribution >= 4 is 16.7 Å². The Bertz CT molecular complexity index is 1100. The Kier molecular flexibility index (Phi) is 7.03. The summed E-state index contributed by atoms with van der Waals surface area (Å²) in [5, 5.41) is 2.17. The number of unbranched alkanes of at least 4 members (excludes halogenated alkanes) is 2. The number of fused-ring (bicyclic) bond motifs is 3. The summed E-state index contributed by atoms with van der Waals surface area (Å²) in [6.07, 6.45) is 7.45. The molecule has 0 saturated carbocycles. The zero-order valence-corrected chi connectivity index (χ0v) is 19.4. The van der Waals surface area contributed by atoms with Gasteiger partial charge in [0.1, 0.15) is 17.2 Å². The Morgan fingerprint density at radius 3 is 2.03 bits per heavy atom. The number of rotatable bonds is 10. The molecule has 1 aliphatic carbocycles. The van der Waals surface area contributed by atoms with Crippen molar-refractivity contribution in [2.45, 2.75) is 59.3 Å². The number of benzene rings is 2. The van der Waals surface area contributed by atoms with Crippen LogP contribution in [0.2, 0.25) is 0 Å². The second-order valence-electron chi connectivity index (χ2n) is 8.31. The lowest BCUT2D eigenvalue weighted by atomic mass is 9.84. The average molecular weight is 436 g/mol. The van der Waals surface area contributed by atoms with E-state index < -0.39 is 0 Å². The normalized spacial score (nSPS) is 12.3. The molecule has 2 aromatic carbocycles. The lowest BCUT2D eigenvalue weighted by Gasteiger charge is -2.26. The molecular formula is C27H33NO4. The molecule has 32 heavy (non-hydrogen) atoms. The smallest absolute Gasteiger partial charge is 0.355 e. The number of ether oxygens (including phenoxy) is 3. The van der Waals surface area contributed by atoms with Crippen molar-refractivity contribution in [2.24, 2.45) is 0 Å². The minimum Gasteiger partial charge on any atom is -0.493 e. The number of aromatic amines is 1. The first-order valence-electron chi connectivity index (χ1n) is 11.9. The molecule has 0 spiro atoms. The molecule has 3 aromatic rings. The Labute approximate surface area is 190 Å². The molecule has 1 aromatic heterocycles. The average Bonchev–Trinajstić information content (AvgIpc) is 3.22. The summed E-state index contributed by atoms with van der Waals surface area (Å²) >= 11 is 0. The van der Waals surface area contributed by atoms with Gasteiger partial charge in [0.2, 0.25) is 0 Å². The van der Waals surface area contributed by atoms with E-state index in [0.29, 0.717) is 38.4 Å². The van der Waals surface area contributed by atoms with Gasteiger partial charge in [-0.3, -0.25) is 0 Å². The van der Waals surface area contributed by atoms with Gasteiger partial charge in [-0.2, -0.15) is 0 Å². The second kappa shape index (κ2) is 10.1. The highest BCUT2D eigenvalue weighted by Crippen LogP contribution is 2.46. The van der Waals surface area contributed by atoms with Crippen LogP contribution < -0.4 is 9.47 Å². The molecule has 1 aliphatic rings. The molecule has 0 aliphatic heterocycles. The highest BCUT2D eigenvalue weighted by atomic mass is 16.5. The predicted molar refractivity (Wildman–Crippen MR) is 127 cm³/mol. The van der Waals surface area contributed by atoms with Crippen molar-refractivity contribution in [2.75, 3.05) is 19.8 Å². The number of hydrogen-bond acceptors (Lipinski definition) is 4. The van der Waals surface area contributed by atoms with Gasteiger partial charge >= 0.3 is 5.97 Å². The highest BCUT2D eigenvalue weighted by molar-refractivity contribution is 5.97. The molecule has 5 heteroatoms. The molecule has 5 nitrogen and oxygen atoms in total. The van der Waals surface area contributed by atoms with Crippen molar-refractivity contribution in [1.29, 1.82) is 0 Å². The zero-order valence-electron chi connectivity index (χ0n) is 19.4. The highest BCUT2D eigenvalue weighted by Gasteiger charge is 2.30. The van der Waals surface area contributed by atoms with E-state index >= 15 is 0 Å². The molecule has 0 radical (unpaired) electrons. The summed E-state index contributed by atoms with van der Waals surface area (Å²) in [7, 11) is 0. The number of carbonyl (C=O) groups excluding carboxylic acids is 1. The van der Waals surface area contributed by atoms with Crippen LogP contribution in [-0.4, -0.2) is 30.8 Å². The molecule has 4 rings (SSSR count). The van der Waals surface area contributed by atoms with Gasteiger partial charge in [0.15, 0.2) is 0 Å². The van der Waals surface area contributed by atoms with Crippen LogP contribution in [0.3, 0.4) is 0 Å². The van der Waals surface area contributed by atoms with Crippen molar-refractivity contribution in [3.05, 3.63) is 58.4 Å². The maximum absolute atomic E-state index is 12.5. The molecule has 0 saturated heterocycles. The molecule has 0 amide bonds. The Hall–Kier alpha value is -2.95. The summed E-state index contributed by atoms with van der Waals surface area (Å²) in [6, 6.07) is 8.34. The van der Waals surface area contributed by atoms with Crippen LogP contribution in [0.1, 0.15) is 79.2 Å². The quantitative estimate of drug-likeness (QED) is 0.238. The molecule has 0 unspecified atom stereocenters. The first-order valence-corrected chi connectivity index (χ1v) is 11.9. The third-order valence-electron chi connectivity index (χ3n) is 6.10. The van der Waals surface area contributed by atoms with Crippen LogP contribution in [0, 0.1) is 0 Å². The monoisotopic (exact) mass is 435 g/mol. The zero-order chi connectivity index (χ0) is 22.5. The van der Waals surface area contributed by atoms with Crippen LogP contribution in [-0.2, 0) is 17.6 Å². The molecule has 1 heterocycles. The van der Waals surface area contributed by atoms with Crippen LogP contribution in [0.25, 0.3) is 10.8 Å². The predicted octanol–water partition coefficient (Wildman–Crippen LogP) is 6.20. The standard InChI is InChI=1S/C27H33NO4/c1-4-7-13-31-25-19-11-9-10-12-20(19)26(32-14-8-5-2)23-16-21-18(15-22(23)25)17-28-24(21)27(29)30-6-3/h9-12,17,28H,4-8,13-16H2,1-3H3. The van der Waals surface area contributed by atoms with Gasteiger partial charge in [0.05, 0.1) is 19.8 Å². The van der Waals surface area contributed by atoms with E-state index in [1.54, 1.807) is 0 Å². The minimum atomic E-state index is -0.300. The van der Waals surface area contributed by atoms with Crippen molar-refractivity contribution < 1.29 is 19.0 Å². The topological polar surface area (TPSA) is 60.5 Å². The summed E-state index contributed by atoms with van der Waals surface area (Å²) in [5.41, 5.74) is 4.98. The SMILES string of the molecule is CCCCOc1c2c(c(OCCCC)c3ccccc13)Cc1c(c[nH]c1C(=O)OCC)C2. The molecule has 0 atom stereocenters. The summed E-state index contributed by atoms with van der Waals surface area (Å²) < 4.78 is 18.1. The number of aromatic nitrogens is 1. The Balaban J connectivity index is 1.85. The van der Waals surface area contributed by atoms with Crippen molar-refractivity contribution in [1.82, 2.24) is 4.98 Å². The van der Waals surface area contributed by atoms with E-state index in [1.807, 2.05) is 19.2 Å². The first kappa shape index (κ1) is 22.3. The van der Waals surface area contributed by atoms with Gasteiger partial charge in [-0.25, -0.2) is 4.79 Å². The summed E-state index contributed by atoms with van der Waals surface area (Å²) in [5.74, 6) is 1.58. The number of esters is 1. The summed E-state index contributed by atoms with van der Waals surface area (Å²) in [6.45, 7) is 7.89. The van der Waals surface area contributed by atoms with E-state index in [2.05, 4.69) is 37.0 Å². The lowest BCUT2D eigenvalue weighted by molar-refractivity contribution is 0.0519. The van der Waals surface area contributed by atoms with E-state index in [-0.39, 0.29) is 5.97 Å². The lowest BCUT2D eigenvalue weighted by Crippen LogP contribution is -2.15. The fraction of sp³-hybridized carbons (Fsp3) is 0.444. The van der Waals surface area contributed by atoms with Gasteiger partial charge in [0, 0.05) is 40.9 Å². The molecule has 170 valence electrons. The number of hydrogen-bond donors (Lipinski definition) is 1. The van der Waals surface area contributed by atoms with E-state index in [1.165, 1.54) is 5.56 Å². The minimum absolute atomic E-state index is 0.300. The Morgan fingerprint density at radius 1 is 0.875 bits per heavy atom. The molecule has 1 N–H and O–H groups in total.